The molecule has 0 heterocycles. The minimum absolute atomic E-state index is 0.305. The average Bonchev–Trinajstić information content (AvgIpc) is 2.21. The van der Waals surface area contributed by atoms with Crippen LogP contribution in [0.1, 0.15) is 26.3 Å². The van der Waals surface area contributed by atoms with E-state index in [1.807, 2.05) is 24.3 Å². The van der Waals surface area contributed by atoms with Gasteiger partial charge in [-0.3, -0.25) is 0 Å². The van der Waals surface area contributed by atoms with Crippen molar-refractivity contribution in [2.75, 3.05) is 6.61 Å². The first-order valence-electron chi connectivity index (χ1n) is 5.69. The summed E-state index contributed by atoms with van der Waals surface area (Å²) in [6.07, 6.45) is 0.940. The summed E-state index contributed by atoms with van der Waals surface area (Å²) in [4.78, 5) is 5.38. The van der Waals surface area contributed by atoms with Crippen molar-refractivity contribution in [3.63, 3.8) is 0 Å². The summed E-state index contributed by atoms with van der Waals surface area (Å²) in [6, 6.07) is 8.23. The lowest BCUT2D eigenvalue weighted by Gasteiger charge is -2.14. The summed E-state index contributed by atoms with van der Waals surface area (Å²) in [6.45, 7) is 7.11. The Bertz CT molecular complexity index is 297. The van der Waals surface area contributed by atoms with Crippen LogP contribution in [0.15, 0.2) is 24.3 Å². The minimum Gasteiger partial charge on any atom is -0.301 e. The molecule has 2 nitrogen and oxygen atoms in total. The molecule has 0 spiro atoms. The molecule has 0 aliphatic carbocycles. The summed E-state index contributed by atoms with van der Waals surface area (Å²) in [7, 11) is 0. The van der Waals surface area contributed by atoms with Crippen LogP contribution in [0.25, 0.3) is 0 Å². The lowest BCUT2D eigenvalue weighted by Crippen LogP contribution is -2.29. The summed E-state index contributed by atoms with van der Waals surface area (Å²) in [5.41, 5.74) is 4.31. The van der Waals surface area contributed by atoms with Crippen LogP contribution in [0.3, 0.4) is 0 Å². The topological polar surface area (TPSA) is 21.3 Å². The average molecular weight is 242 g/mol. The highest BCUT2D eigenvalue weighted by atomic mass is 35.5. The molecule has 0 aliphatic rings. The Labute approximate surface area is 103 Å². The van der Waals surface area contributed by atoms with Gasteiger partial charge < -0.3 is 4.84 Å². The maximum atomic E-state index is 5.83. The van der Waals surface area contributed by atoms with Crippen LogP contribution in [0, 0.1) is 5.92 Å². The Morgan fingerprint density at radius 1 is 1.19 bits per heavy atom. The summed E-state index contributed by atoms with van der Waals surface area (Å²) < 4.78 is 0. The molecule has 1 aromatic carbocycles. The Balaban J connectivity index is 2.28. The second-order valence-corrected chi connectivity index (χ2v) is 4.99. The van der Waals surface area contributed by atoms with Crippen LogP contribution in [0.2, 0.25) is 5.02 Å². The van der Waals surface area contributed by atoms with Crippen molar-refractivity contribution in [3.05, 3.63) is 34.9 Å². The molecule has 0 amide bonds. The van der Waals surface area contributed by atoms with Gasteiger partial charge in [-0.1, -0.05) is 37.6 Å². The fourth-order valence-corrected chi connectivity index (χ4v) is 1.50. The molecule has 1 atom stereocenters. The van der Waals surface area contributed by atoms with Crippen molar-refractivity contribution >= 4 is 11.6 Å². The summed E-state index contributed by atoms with van der Waals surface area (Å²) in [5, 5.41) is 0.778. The second-order valence-electron chi connectivity index (χ2n) is 4.55. The monoisotopic (exact) mass is 241 g/mol. The van der Waals surface area contributed by atoms with Gasteiger partial charge in [0.1, 0.15) is 0 Å². The molecule has 1 rings (SSSR count). The van der Waals surface area contributed by atoms with Crippen molar-refractivity contribution < 1.29 is 4.84 Å². The smallest absolute Gasteiger partial charge is 0.0705 e. The molecule has 0 radical (unpaired) electrons. The second kappa shape index (κ2) is 6.89. The van der Waals surface area contributed by atoms with E-state index < -0.39 is 0 Å². The molecule has 0 saturated carbocycles. The maximum Gasteiger partial charge on any atom is 0.0705 e. The van der Waals surface area contributed by atoms with Crippen molar-refractivity contribution in [2.24, 2.45) is 5.92 Å². The zero-order valence-corrected chi connectivity index (χ0v) is 10.9. The first kappa shape index (κ1) is 13.5. The van der Waals surface area contributed by atoms with Gasteiger partial charge in [0, 0.05) is 11.1 Å². The molecule has 3 heteroatoms. The SMILES string of the molecule is CC(C)CONC(C)Cc1ccc(Cl)cc1. The molecule has 1 unspecified atom stereocenters. The molecule has 0 aromatic heterocycles. The number of halogens is 1. The van der Waals surface area contributed by atoms with Crippen molar-refractivity contribution in [1.82, 2.24) is 5.48 Å². The van der Waals surface area contributed by atoms with E-state index in [1.165, 1.54) is 5.56 Å². The quantitative estimate of drug-likeness (QED) is 0.771. The molecule has 0 bridgehead atoms. The van der Waals surface area contributed by atoms with E-state index in [2.05, 4.69) is 26.3 Å². The fourth-order valence-electron chi connectivity index (χ4n) is 1.37. The van der Waals surface area contributed by atoms with Crippen LogP contribution in [-0.2, 0) is 11.3 Å². The first-order chi connectivity index (χ1) is 7.58. The Morgan fingerprint density at radius 3 is 2.38 bits per heavy atom. The zero-order valence-electron chi connectivity index (χ0n) is 10.2. The standard InChI is InChI=1S/C13H20ClNO/c1-10(2)9-16-15-11(3)8-12-4-6-13(14)7-5-12/h4-7,10-11,15H,8-9H2,1-3H3. The predicted molar refractivity (Wildman–Crippen MR) is 68.5 cm³/mol. The van der Waals surface area contributed by atoms with Crippen LogP contribution < -0.4 is 5.48 Å². The zero-order chi connectivity index (χ0) is 12.0. The highest BCUT2D eigenvalue weighted by molar-refractivity contribution is 6.30. The third kappa shape index (κ3) is 5.50. The molecule has 0 saturated heterocycles. The predicted octanol–water partition coefficient (Wildman–Crippen LogP) is 3.45. The molecule has 0 fully saturated rings. The van der Waals surface area contributed by atoms with E-state index >= 15 is 0 Å². The number of nitrogens with one attached hydrogen (secondary N) is 1. The highest BCUT2D eigenvalue weighted by Crippen LogP contribution is 2.11. The van der Waals surface area contributed by atoms with Gasteiger partial charge in [0.15, 0.2) is 0 Å². The van der Waals surface area contributed by atoms with E-state index in [4.69, 9.17) is 16.4 Å². The molecule has 1 N–H and O–H groups in total. The van der Waals surface area contributed by atoms with Gasteiger partial charge in [-0.25, -0.2) is 0 Å². The lowest BCUT2D eigenvalue weighted by molar-refractivity contribution is 0.00473. The van der Waals surface area contributed by atoms with E-state index in [-0.39, 0.29) is 0 Å². The highest BCUT2D eigenvalue weighted by Gasteiger charge is 2.03. The maximum absolute atomic E-state index is 5.83. The number of hydrogen-bond acceptors (Lipinski definition) is 2. The molecular weight excluding hydrogens is 222 g/mol. The normalized spacial score (nSPS) is 13.1. The van der Waals surface area contributed by atoms with Gasteiger partial charge in [0.2, 0.25) is 0 Å². The van der Waals surface area contributed by atoms with Gasteiger partial charge >= 0.3 is 0 Å². The van der Waals surface area contributed by atoms with E-state index in [0.717, 1.165) is 18.1 Å². The van der Waals surface area contributed by atoms with Gasteiger partial charge in [-0.15, -0.1) is 0 Å². The first-order valence-corrected chi connectivity index (χ1v) is 6.07. The van der Waals surface area contributed by atoms with Gasteiger partial charge in [-0.2, -0.15) is 5.48 Å². The van der Waals surface area contributed by atoms with Gasteiger partial charge in [0.05, 0.1) is 6.61 Å². The van der Waals surface area contributed by atoms with Crippen LogP contribution in [0.4, 0.5) is 0 Å². The Hall–Kier alpha value is -0.570. The van der Waals surface area contributed by atoms with Gasteiger partial charge in [0.25, 0.3) is 0 Å². The van der Waals surface area contributed by atoms with Crippen LogP contribution >= 0.6 is 11.6 Å². The van der Waals surface area contributed by atoms with E-state index in [1.54, 1.807) is 0 Å². The molecule has 1 aromatic rings. The minimum atomic E-state index is 0.305. The van der Waals surface area contributed by atoms with Crippen molar-refractivity contribution in [1.29, 1.82) is 0 Å². The molecule has 0 aliphatic heterocycles. The molecule has 16 heavy (non-hydrogen) atoms. The molecule has 90 valence electrons. The lowest BCUT2D eigenvalue weighted by atomic mass is 10.1. The van der Waals surface area contributed by atoms with Gasteiger partial charge in [-0.05, 0) is 37.0 Å². The fraction of sp³-hybridized carbons (Fsp3) is 0.538. The number of rotatable bonds is 6. The van der Waals surface area contributed by atoms with E-state index in [0.29, 0.717) is 12.0 Å². The number of benzene rings is 1. The van der Waals surface area contributed by atoms with Crippen LogP contribution in [-0.4, -0.2) is 12.6 Å². The summed E-state index contributed by atoms with van der Waals surface area (Å²) in [5.74, 6) is 0.551. The number of hydroxylamine groups is 1. The van der Waals surface area contributed by atoms with Crippen LogP contribution in [0.5, 0.6) is 0 Å². The summed E-state index contributed by atoms with van der Waals surface area (Å²) >= 11 is 5.83. The third-order valence-corrected chi connectivity index (χ3v) is 2.41. The Morgan fingerprint density at radius 2 is 1.81 bits per heavy atom. The largest absolute Gasteiger partial charge is 0.301 e. The Kier molecular flexibility index (Phi) is 5.81. The third-order valence-electron chi connectivity index (χ3n) is 2.16. The van der Waals surface area contributed by atoms with E-state index in [9.17, 15) is 0 Å². The van der Waals surface area contributed by atoms with Crippen molar-refractivity contribution in [2.45, 2.75) is 33.2 Å². The number of hydrogen-bond donors (Lipinski definition) is 1. The van der Waals surface area contributed by atoms with Crippen molar-refractivity contribution in [3.8, 4) is 0 Å². The molecular formula is C13H20ClNO.